The molecule has 0 fully saturated rings. The Morgan fingerprint density at radius 3 is 2.33 bits per heavy atom. The van der Waals surface area contributed by atoms with Crippen molar-refractivity contribution in [2.45, 2.75) is 5.92 Å². The van der Waals surface area contributed by atoms with Crippen LogP contribution in [0.1, 0.15) is 28.2 Å². The van der Waals surface area contributed by atoms with Crippen LogP contribution in [-0.4, -0.2) is 26.3 Å². The molecule has 4 rings (SSSR count). The first-order valence-corrected chi connectivity index (χ1v) is 9.09. The highest BCUT2D eigenvalue weighted by atomic mass is 16.5. The van der Waals surface area contributed by atoms with E-state index in [0.29, 0.717) is 28.6 Å². The number of nitrogen functional groups attached to an aromatic ring is 2. The molecule has 0 unspecified atom stereocenters. The molecule has 2 heterocycles. The number of nitrogens with zero attached hydrogens (tertiary/aromatic N) is 2. The number of hydrogen-bond donors (Lipinski definition) is 2. The van der Waals surface area contributed by atoms with Crippen LogP contribution >= 0.6 is 0 Å². The molecule has 0 amide bonds. The van der Waals surface area contributed by atoms with Crippen molar-refractivity contribution in [3.05, 3.63) is 58.7 Å². The largest absolute Gasteiger partial charge is 0.497 e. The fourth-order valence-corrected chi connectivity index (χ4v) is 3.70. The average Bonchev–Trinajstić information content (AvgIpc) is 2.77. The topological polar surface area (TPSA) is 126 Å². The molecule has 8 heteroatoms. The molecule has 0 bridgehead atoms. The second-order valence-electron chi connectivity index (χ2n) is 6.66. The minimum atomic E-state index is -0.431. The number of rotatable bonds is 4. The lowest BCUT2D eigenvalue weighted by Crippen LogP contribution is -2.18. The molecular formula is C22H20N4O4. The third-order valence-electron chi connectivity index (χ3n) is 5.15. The Morgan fingerprint density at radius 2 is 1.67 bits per heavy atom. The summed E-state index contributed by atoms with van der Waals surface area (Å²) in [6, 6.07) is 13.0. The van der Waals surface area contributed by atoms with E-state index in [2.05, 4.69) is 4.98 Å². The van der Waals surface area contributed by atoms with Gasteiger partial charge in [-0.1, -0.05) is 6.07 Å². The van der Waals surface area contributed by atoms with E-state index in [0.717, 1.165) is 11.1 Å². The molecule has 0 spiro atoms. The van der Waals surface area contributed by atoms with Crippen LogP contribution in [0.15, 0.2) is 36.4 Å². The molecule has 0 saturated heterocycles. The van der Waals surface area contributed by atoms with E-state index in [9.17, 15) is 5.26 Å². The Morgan fingerprint density at radius 1 is 0.967 bits per heavy atom. The number of aromatic nitrogens is 1. The normalized spacial score (nSPS) is 14.0. The molecule has 30 heavy (non-hydrogen) atoms. The fraction of sp³-hybridized carbons (Fsp3) is 0.182. The van der Waals surface area contributed by atoms with Gasteiger partial charge in [-0.05, 0) is 24.3 Å². The van der Waals surface area contributed by atoms with Crippen LogP contribution in [0, 0.1) is 11.3 Å². The van der Waals surface area contributed by atoms with E-state index >= 15 is 0 Å². The molecule has 3 aromatic rings. The van der Waals surface area contributed by atoms with E-state index in [-0.39, 0.29) is 22.9 Å². The van der Waals surface area contributed by atoms with Crippen LogP contribution in [0.4, 0.5) is 11.5 Å². The van der Waals surface area contributed by atoms with Gasteiger partial charge in [0.25, 0.3) is 0 Å². The monoisotopic (exact) mass is 404 g/mol. The van der Waals surface area contributed by atoms with Gasteiger partial charge >= 0.3 is 0 Å². The zero-order chi connectivity index (χ0) is 21.4. The number of nitrogens with two attached hydrogens (primary N) is 2. The first kappa shape index (κ1) is 19.2. The van der Waals surface area contributed by atoms with Gasteiger partial charge in [0.05, 0.1) is 32.6 Å². The first-order valence-electron chi connectivity index (χ1n) is 9.09. The maximum absolute atomic E-state index is 9.55. The van der Waals surface area contributed by atoms with E-state index in [4.69, 9.17) is 30.4 Å². The molecule has 1 aliphatic rings. The summed E-state index contributed by atoms with van der Waals surface area (Å²) in [6.45, 7) is 0. The number of benzene rings is 2. The minimum absolute atomic E-state index is 0.0106. The predicted molar refractivity (Wildman–Crippen MR) is 111 cm³/mol. The number of fused-ring (bicyclic) bond motifs is 2. The quantitative estimate of drug-likeness (QED) is 0.530. The van der Waals surface area contributed by atoms with E-state index in [1.807, 2.05) is 36.4 Å². The first-order chi connectivity index (χ1) is 14.5. The van der Waals surface area contributed by atoms with Crippen LogP contribution in [0.3, 0.4) is 0 Å². The molecule has 0 saturated carbocycles. The van der Waals surface area contributed by atoms with Gasteiger partial charge in [-0.25, -0.2) is 0 Å². The van der Waals surface area contributed by atoms with Gasteiger partial charge in [-0.2, -0.15) is 10.2 Å². The lowest BCUT2D eigenvalue weighted by atomic mass is 9.81. The number of ether oxygens (including phenoxy) is 4. The highest BCUT2D eigenvalue weighted by molar-refractivity contribution is 5.76. The molecule has 8 nitrogen and oxygen atoms in total. The molecule has 152 valence electrons. The summed E-state index contributed by atoms with van der Waals surface area (Å²) >= 11 is 0. The van der Waals surface area contributed by atoms with Gasteiger partial charge in [0.2, 0.25) is 5.88 Å². The zero-order valence-corrected chi connectivity index (χ0v) is 16.7. The minimum Gasteiger partial charge on any atom is -0.497 e. The summed E-state index contributed by atoms with van der Waals surface area (Å²) < 4.78 is 22.4. The Balaban J connectivity index is 2.07. The third-order valence-corrected chi connectivity index (χ3v) is 5.15. The second-order valence-corrected chi connectivity index (χ2v) is 6.66. The van der Waals surface area contributed by atoms with Crippen molar-refractivity contribution in [1.29, 1.82) is 5.26 Å². The zero-order valence-electron chi connectivity index (χ0n) is 16.7. The predicted octanol–water partition coefficient (Wildman–Crippen LogP) is 3.43. The summed E-state index contributed by atoms with van der Waals surface area (Å²) in [4.78, 5) is 4.31. The Labute approximate surface area is 173 Å². The average molecular weight is 404 g/mol. The van der Waals surface area contributed by atoms with Gasteiger partial charge in [0.1, 0.15) is 40.4 Å². The van der Waals surface area contributed by atoms with Crippen molar-refractivity contribution in [3.63, 3.8) is 0 Å². The van der Waals surface area contributed by atoms with Crippen LogP contribution in [0.5, 0.6) is 28.9 Å². The maximum atomic E-state index is 9.55. The van der Waals surface area contributed by atoms with E-state index in [1.165, 1.54) is 0 Å². The molecular weight excluding hydrogens is 384 g/mol. The second kappa shape index (κ2) is 7.37. The molecule has 1 atom stereocenters. The molecule has 1 aromatic heterocycles. The number of hydrogen-bond acceptors (Lipinski definition) is 8. The SMILES string of the molecule is COc1ccc2c(c1)Oc1nc(N)c(C#N)c(N)c1[C@@H]2c1cc(OC)ccc1OC. The van der Waals surface area contributed by atoms with Crippen molar-refractivity contribution in [2.24, 2.45) is 0 Å². The lowest BCUT2D eigenvalue weighted by Gasteiger charge is -2.30. The summed E-state index contributed by atoms with van der Waals surface area (Å²) in [5.41, 5.74) is 14.8. The van der Waals surface area contributed by atoms with Crippen molar-refractivity contribution < 1.29 is 18.9 Å². The van der Waals surface area contributed by atoms with Gasteiger partial charge in [0, 0.05) is 23.1 Å². The molecule has 0 aliphatic carbocycles. The van der Waals surface area contributed by atoms with Crippen LogP contribution in [0.2, 0.25) is 0 Å². The van der Waals surface area contributed by atoms with Crippen LogP contribution in [-0.2, 0) is 0 Å². The third kappa shape index (κ3) is 2.88. The van der Waals surface area contributed by atoms with Gasteiger partial charge in [-0.3, -0.25) is 0 Å². The van der Waals surface area contributed by atoms with Crippen molar-refractivity contribution in [3.8, 4) is 34.9 Å². The van der Waals surface area contributed by atoms with Crippen molar-refractivity contribution >= 4 is 11.5 Å². The number of nitriles is 1. The molecule has 2 aromatic carbocycles. The van der Waals surface area contributed by atoms with Gasteiger partial charge < -0.3 is 30.4 Å². The summed E-state index contributed by atoms with van der Waals surface area (Å²) in [7, 11) is 4.76. The Kier molecular flexibility index (Phi) is 4.72. The molecule has 1 aliphatic heterocycles. The highest BCUT2D eigenvalue weighted by Gasteiger charge is 2.35. The highest BCUT2D eigenvalue weighted by Crippen LogP contribution is 2.52. The molecule has 4 N–H and O–H groups in total. The summed E-state index contributed by atoms with van der Waals surface area (Å²) in [5.74, 6) is 2.27. The van der Waals surface area contributed by atoms with Crippen molar-refractivity contribution in [1.82, 2.24) is 4.98 Å². The number of anilines is 2. The maximum Gasteiger partial charge on any atom is 0.227 e. The van der Waals surface area contributed by atoms with Crippen molar-refractivity contribution in [2.75, 3.05) is 32.8 Å². The van der Waals surface area contributed by atoms with E-state index in [1.54, 1.807) is 27.4 Å². The van der Waals surface area contributed by atoms with Gasteiger partial charge in [-0.15, -0.1) is 0 Å². The number of pyridine rings is 1. The fourth-order valence-electron chi connectivity index (χ4n) is 3.70. The van der Waals surface area contributed by atoms with Crippen LogP contribution in [0.25, 0.3) is 0 Å². The summed E-state index contributed by atoms with van der Waals surface area (Å²) in [5, 5.41) is 9.55. The smallest absolute Gasteiger partial charge is 0.227 e. The van der Waals surface area contributed by atoms with Crippen LogP contribution < -0.4 is 30.4 Å². The molecule has 0 radical (unpaired) electrons. The lowest BCUT2D eigenvalue weighted by molar-refractivity contribution is 0.391. The van der Waals surface area contributed by atoms with E-state index < -0.39 is 5.92 Å². The Bertz CT molecular complexity index is 1190. The number of methoxy groups -OCH3 is 3. The summed E-state index contributed by atoms with van der Waals surface area (Å²) in [6.07, 6.45) is 0. The standard InChI is InChI=1S/C22H20N4O4/c1-27-11-5-7-16(29-3)14(8-11)18-13-6-4-12(28-2)9-17(13)30-22-19(18)20(24)15(10-23)21(25)26-22/h4-9,18H,1-3H3,(H4,24,25,26)/t18-/m0/s1. The Hall–Kier alpha value is -4.12. The van der Waals surface area contributed by atoms with Gasteiger partial charge in [0.15, 0.2) is 0 Å².